The lowest BCUT2D eigenvalue weighted by atomic mass is 9.70. The van der Waals surface area contributed by atoms with E-state index in [1.165, 1.54) is 189 Å². The molecule has 18 rings (SSSR count). The second-order valence-corrected chi connectivity index (χ2v) is 35.5. The Morgan fingerprint density at radius 2 is 0.378 bits per heavy atom. The van der Waals surface area contributed by atoms with Crippen LogP contribution in [0.1, 0.15) is 182 Å². The molecule has 14 aromatic rings. The predicted octanol–water partition coefficient (Wildman–Crippen LogP) is 30.1. The summed E-state index contributed by atoms with van der Waals surface area (Å²) in [5.41, 5.74) is 50.1. The van der Waals surface area contributed by atoms with Gasteiger partial charge in [0.25, 0.3) is 0 Å². The summed E-state index contributed by atoms with van der Waals surface area (Å²) in [6, 6.07) is 105. The smallest absolute Gasteiger partial charge is 0.0465 e. The Balaban J connectivity index is 0.727. The van der Waals surface area contributed by atoms with Gasteiger partial charge in [-0.2, -0.15) is 0 Å². The van der Waals surface area contributed by atoms with Crippen LogP contribution in [-0.4, -0.2) is 0 Å². The number of rotatable bonds is 14. The summed E-state index contributed by atoms with van der Waals surface area (Å²) < 4.78 is 0. The topological polar surface area (TPSA) is 6.48 Å². The van der Waals surface area contributed by atoms with E-state index in [0.717, 1.165) is 47.0 Å². The van der Waals surface area contributed by atoms with Crippen molar-refractivity contribution in [2.24, 2.45) is 0 Å². The summed E-state index contributed by atoms with van der Waals surface area (Å²) in [6.45, 7) is 41.8. The average molecular weight is 1440 g/mol. The van der Waals surface area contributed by atoms with Gasteiger partial charge in [0.1, 0.15) is 0 Å². The molecule has 0 N–H and O–H groups in total. The quantitative estimate of drug-likeness (QED) is 0.107. The fourth-order valence-corrected chi connectivity index (χ4v) is 20.7. The number of nitrogens with zero attached hydrogens (tertiary/aromatic N) is 2. The first kappa shape index (κ1) is 71.3. The maximum absolute atomic E-state index is 2.54. The van der Waals surface area contributed by atoms with Gasteiger partial charge < -0.3 is 9.80 Å². The third kappa shape index (κ3) is 11.5. The molecule has 2 heteroatoms. The van der Waals surface area contributed by atoms with Crippen LogP contribution in [0.5, 0.6) is 0 Å². The van der Waals surface area contributed by atoms with Crippen molar-refractivity contribution in [3.05, 3.63) is 367 Å². The first-order chi connectivity index (χ1) is 53.1. The van der Waals surface area contributed by atoms with E-state index < -0.39 is 0 Å². The van der Waals surface area contributed by atoms with Gasteiger partial charge in [0, 0.05) is 61.2 Å². The molecule has 4 aliphatic carbocycles. The van der Waals surface area contributed by atoms with Gasteiger partial charge in [-0.05, 0) is 310 Å². The van der Waals surface area contributed by atoms with Crippen LogP contribution in [0.25, 0.3) is 89.0 Å². The molecular weight excluding hydrogens is 1340 g/mol. The van der Waals surface area contributed by atoms with Gasteiger partial charge >= 0.3 is 0 Å². The fraction of sp³-hybridized carbons (Fsp3) is 0.229. The van der Waals surface area contributed by atoms with E-state index >= 15 is 0 Å². The number of hydrogen-bond donors (Lipinski definition) is 0. The predicted molar refractivity (Wildman–Crippen MR) is 474 cm³/mol. The second-order valence-electron chi connectivity index (χ2n) is 35.5. The van der Waals surface area contributed by atoms with E-state index in [-0.39, 0.29) is 27.1 Å². The average Bonchev–Trinajstić information content (AvgIpc) is 1.59. The molecule has 2 nitrogen and oxygen atoms in total. The number of benzene rings is 14. The molecule has 0 spiro atoms. The minimum absolute atomic E-state index is 0.247. The molecule has 0 amide bonds. The van der Waals surface area contributed by atoms with Gasteiger partial charge in [-0.25, -0.2) is 0 Å². The van der Waals surface area contributed by atoms with Gasteiger partial charge in [-0.3, -0.25) is 0 Å². The zero-order valence-electron chi connectivity index (χ0n) is 68.2. The SMILES string of the molecule is CCC(CC)(c1ccc(N(c2ccc3c(c2)C(C)(C)c2cc(-c4cc(C)cc(C)c4)ccc2-3)c2ccc3c(c2)C(C)(C)c2cc(-c4cc(C)cc(C)c4)ccc2-3)cc1)c1ccc(N(c2ccc3c(c2)C(C)(C)c2cc(-c4cc(C)cc(C)c4)ccc2-3)c2ccc3c(c2)C(C)(C)c2cc(-c4cc(C)cc(C)c4)ccc2-3)cc1. The molecule has 0 bridgehead atoms. The highest BCUT2D eigenvalue weighted by atomic mass is 15.1. The van der Waals surface area contributed by atoms with E-state index in [1.807, 2.05) is 0 Å². The van der Waals surface area contributed by atoms with Gasteiger partial charge in [-0.1, -0.05) is 284 Å². The molecule has 548 valence electrons. The first-order valence-electron chi connectivity index (χ1n) is 40.4. The highest BCUT2D eigenvalue weighted by molar-refractivity contribution is 5.93. The molecule has 0 heterocycles. The third-order valence-corrected chi connectivity index (χ3v) is 26.5. The van der Waals surface area contributed by atoms with Crippen molar-refractivity contribution < 1.29 is 0 Å². The largest absolute Gasteiger partial charge is 0.310 e. The molecule has 0 atom stereocenters. The maximum Gasteiger partial charge on any atom is 0.0465 e. The number of aryl methyl sites for hydroxylation is 8. The van der Waals surface area contributed by atoms with Crippen LogP contribution in [0.3, 0.4) is 0 Å². The Kier molecular flexibility index (Phi) is 16.6. The fourth-order valence-electron chi connectivity index (χ4n) is 20.7. The monoisotopic (exact) mass is 1440 g/mol. The number of anilines is 6. The van der Waals surface area contributed by atoms with E-state index in [9.17, 15) is 0 Å². The van der Waals surface area contributed by atoms with E-state index in [2.05, 4.69) is 401 Å². The molecule has 111 heavy (non-hydrogen) atoms. The first-order valence-corrected chi connectivity index (χ1v) is 40.4. The molecule has 0 saturated carbocycles. The Morgan fingerprint density at radius 1 is 0.198 bits per heavy atom. The van der Waals surface area contributed by atoms with Gasteiger partial charge in [0.05, 0.1) is 0 Å². The summed E-state index contributed by atoms with van der Waals surface area (Å²) in [5, 5.41) is 0. The van der Waals surface area contributed by atoms with Crippen LogP contribution < -0.4 is 9.80 Å². The molecule has 0 saturated heterocycles. The molecule has 0 aliphatic heterocycles. The van der Waals surface area contributed by atoms with Crippen molar-refractivity contribution in [3.63, 3.8) is 0 Å². The lowest BCUT2D eigenvalue weighted by Gasteiger charge is -2.35. The minimum atomic E-state index is -0.274. The zero-order chi connectivity index (χ0) is 77.3. The Labute approximate surface area is 660 Å². The lowest BCUT2D eigenvalue weighted by molar-refractivity contribution is 0.478. The molecule has 0 fully saturated rings. The summed E-state index contributed by atoms with van der Waals surface area (Å²) in [7, 11) is 0. The van der Waals surface area contributed by atoms with Crippen molar-refractivity contribution in [2.45, 2.75) is 165 Å². The normalized spacial score (nSPS) is 14.6. The van der Waals surface area contributed by atoms with Crippen LogP contribution in [0.2, 0.25) is 0 Å². The molecule has 0 radical (unpaired) electrons. The Morgan fingerprint density at radius 3 is 0.577 bits per heavy atom. The van der Waals surface area contributed by atoms with Crippen molar-refractivity contribution in [1.82, 2.24) is 0 Å². The minimum Gasteiger partial charge on any atom is -0.310 e. The zero-order valence-corrected chi connectivity index (χ0v) is 68.2. The molecule has 4 aliphatic rings. The molecule has 0 unspecified atom stereocenters. The third-order valence-electron chi connectivity index (χ3n) is 26.5. The standard InChI is InChI=1S/C109H102N2/c1-19-109(20-2,81-25-29-83(30-26-81)110(85-33-41-93-89-37-21-73(77-49-65(3)45-66(4)50-77)57-97(89)105(11,12)101(93)61-85)86-34-42-94-90-38-22-74(78-51-67(5)46-68(6)52-78)58-98(90)106(13,14)102(94)62-86)82-27-31-84(32-28-82)111(87-35-43-95-91-39-23-75(79-53-69(7)47-70(8)54-79)59-99(91)107(15,16)103(95)63-87)88-36-44-96-92-40-24-76(80-55-71(9)48-72(10)56-80)60-100(92)108(17,18)104(96)64-88/h21-64H,19-20H2,1-18H3. The van der Waals surface area contributed by atoms with E-state index in [4.69, 9.17) is 0 Å². The summed E-state index contributed by atoms with van der Waals surface area (Å²) in [4.78, 5) is 5.08. The van der Waals surface area contributed by atoms with Crippen LogP contribution in [-0.2, 0) is 27.1 Å². The number of fused-ring (bicyclic) bond motifs is 12. The highest BCUT2D eigenvalue weighted by Gasteiger charge is 2.42. The highest BCUT2D eigenvalue weighted by Crippen LogP contribution is 2.58. The number of hydrogen-bond acceptors (Lipinski definition) is 2. The second kappa shape index (κ2) is 25.9. The summed E-state index contributed by atoms with van der Waals surface area (Å²) in [6.07, 6.45) is 1.87. The Hall–Kier alpha value is -11.3. The van der Waals surface area contributed by atoms with Gasteiger partial charge in [0.2, 0.25) is 0 Å². The van der Waals surface area contributed by atoms with Crippen LogP contribution in [0.4, 0.5) is 34.1 Å². The summed E-state index contributed by atoms with van der Waals surface area (Å²) >= 11 is 0. The maximum atomic E-state index is 2.54. The van der Waals surface area contributed by atoms with Crippen molar-refractivity contribution in [3.8, 4) is 89.0 Å². The van der Waals surface area contributed by atoms with E-state index in [0.29, 0.717) is 0 Å². The van der Waals surface area contributed by atoms with Gasteiger partial charge in [0.15, 0.2) is 0 Å². The lowest BCUT2D eigenvalue weighted by Crippen LogP contribution is -2.26. The van der Waals surface area contributed by atoms with Crippen LogP contribution in [0.15, 0.2) is 267 Å². The molecule has 0 aromatic heterocycles. The molecule has 14 aromatic carbocycles. The van der Waals surface area contributed by atoms with Crippen LogP contribution >= 0.6 is 0 Å². The van der Waals surface area contributed by atoms with Crippen molar-refractivity contribution >= 4 is 34.1 Å². The summed E-state index contributed by atoms with van der Waals surface area (Å²) in [5.74, 6) is 0. The van der Waals surface area contributed by atoms with Crippen LogP contribution in [0, 0.1) is 55.4 Å². The van der Waals surface area contributed by atoms with Crippen molar-refractivity contribution in [2.75, 3.05) is 9.80 Å². The van der Waals surface area contributed by atoms with Crippen molar-refractivity contribution in [1.29, 1.82) is 0 Å². The van der Waals surface area contributed by atoms with E-state index in [1.54, 1.807) is 0 Å². The Bertz CT molecular complexity index is 5410. The molecular formula is C109H102N2. The van der Waals surface area contributed by atoms with Gasteiger partial charge in [-0.15, -0.1) is 0 Å².